The van der Waals surface area contributed by atoms with Crippen LogP contribution in [-0.2, 0) is 10.2 Å². The SMILES string of the molecule is COc1cc(C)c(C2(C(=O)O)CCC2)c(C)c1Br. The Morgan fingerprint density at radius 1 is 1.44 bits per heavy atom. The number of halogens is 1. The molecule has 0 amide bonds. The van der Waals surface area contributed by atoms with Gasteiger partial charge >= 0.3 is 5.97 Å². The Balaban J connectivity index is 2.65. The topological polar surface area (TPSA) is 46.5 Å². The summed E-state index contributed by atoms with van der Waals surface area (Å²) in [5.41, 5.74) is 2.24. The summed E-state index contributed by atoms with van der Waals surface area (Å²) in [6, 6.07) is 1.91. The molecule has 1 aromatic rings. The fourth-order valence-corrected chi connectivity index (χ4v) is 3.38. The van der Waals surface area contributed by atoms with E-state index >= 15 is 0 Å². The first-order valence-corrected chi connectivity index (χ1v) is 6.81. The first-order chi connectivity index (χ1) is 8.44. The van der Waals surface area contributed by atoms with Gasteiger partial charge in [0.15, 0.2) is 0 Å². The summed E-state index contributed by atoms with van der Waals surface area (Å²) >= 11 is 3.50. The van der Waals surface area contributed by atoms with Gasteiger partial charge < -0.3 is 9.84 Å². The average molecular weight is 313 g/mol. The van der Waals surface area contributed by atoms with Gasteiger partial charge in [0, 0.05) is 0 Å². The van der Waals surface area contributed by atoms with Crippen LogP contribution in [0.25, 0.3) is 0 Å². The van der Waals surface area contributed by atoms with E-state index < -0.39 is 11.4 Å². The molecule has 0 saturated heterocycles. The highest BCUT2D eigenvalue weighted by Gasteiger charge is 2.48. The summed E-state index contributed by atoms with van der Waals surface area (Å²) in [6.07, 6.45) is 2.43. The first kappa shape index (κ1) is 13.4. The number of hydrogen-bond donors (Lipinski definition) is 1. The van der Waals surface area contributed by atoms with Crippen LogP contribution >= 0.6 is 15.9 Å². The van der Waals surface area contributed by atoms with Crippen molar-refractivity contribution in [3.63, 3.8) is 0 Å². The predicted molar refractivity (Wildman–Crippen MR) is 73.3 cm³/mol. The lowest BCUT2D eigenvalue weighted by atomic mass is 9.62. The molecule has 0 atom stereocenters. The van der Waals surface area contributed by atoms with Crippen LogP contribution < -0.4 is 4.74 Å². The molecule has 1 fully saturated rings. The quantitative estimate of drug-likeness (QED) is 0.928. The van der Waals surface area contributed by atoms with Crippen LogP contribution in [0, 0.1) is 13.8 Å². The highest BCUT2D eigenvalue weighted by atomic mass is 79.9. The maximum atomic E-state index is 11.6. The van der Waals surface area contributed by atoms with Crippen molar-refractivity contribution in [1.29, 1.82) is 0 Å². The summed E-state index contributed by atoms with van der Waals surface area (Å²) in [5.74, 6) is 0.0469. The third-order valence-electron chi connectivity index (χ3n) is 3.98. The maximum absolute atomic E-state index is 11.6. The monoisotopic (exact) mass is 312 g/mol. The van der Waals surface area contributed by atoms with Gasteiger partial charge in [-0.2, -0.15) is 0 Å². The second kappa shape index (κ2) is 4.57. The van der Waals surface area contributed by atoms with Gasteiger partial charge in [0.25, 0.3) is 0 Å². The Bertz CT molecular complexity index is 504. The number of ether oxygens (including phenoxy) is 1. The number of methoxy groups -OCH3 is 1. The van der Waals surface area contributed by atoms with Crippen LogP contribution in [0.4, 0.5) is 0 Å². The lowest BCUT2D eigenvalue weighted by Crippen LogP contribution is -2.43. The van der Waals surface area contributed by atoms with Crippen molar-refractivity contribution in [3.05, 3.63) is 27.2 Å². The number of hydrogen-bond acceptors (Lipinski definition) is 2. The molecule has 1 N–H and O–H groups in total. The predicted octanol–water partition coefficient (Wildman–Crippen LogP) is 3.58. The van der Waals surface area contributed by atoms with Crippen LogP contribution in [0.3, 0.4) is 0 Å². The molecule has 0 bridgehead atoms. The molecule has 3 nitrogen and oxygen atoms in total. The van der Waals surface area contributed by atoms with Gasteiger partial charge in [-0.3, -0.25) is 4.79 Å². The molecular formula is C14H17BrO3. The van der Waals surface area contributed by atoms with Crippen LogP contribution in [0.5, 0.6) is 5.75 Å². The minimum Gasteiger partial charge on any atom is -0.496 e. The van der Waals surface area contributed by atoms with Crippen molar-refractivity contribution >= 4 is 21.9 Å². The third kappa shape index (κ3) is 1.74. The Kier molecular flexibility index (Phi) is 3.41. The van der Waals surface area contributed by atoms with Crippen LogP contribution in [0.15, 0.2) is 10.5 Å². The Morgan fingerprint density at radius 3 is 2.44 bits per heavy atom. The van der Waals surface area contributed by atoms with Crippen LogP contribution in [-0.4, -0.2) is 18.2 Å². The molecule has 0 aliphatic heterocycles. The van der Waals surface area contributed by atoms with E-state index in [1.54, 1.807) is 7.11 Å². The highest BCUT2D eigenvalue weighted by molar-refractivity contribution is 9.10. The second-order valence-corrected chi connectivity index (χ2v) is 5.74. The zero-order valence-electron chi connectivity index (χ0n) is 10.8. The number of aliphatic carboxylic acids is 1. The molecule has 1 aliphatic rings. The molecule has 4 heteroatoms. The second-order valence-electron chi connectivity index (χ2n) is 4.95. The lowest BCUT2D eigenvalue weighted by Gasteiger charge is -2.40. The molecule has 98 valence electrons. The normalized spacial score (nSPS) is 17.1. The molecule has 0 radical (unpaired) electrons. The number of carboxylic acid groups (broad SMARTS) is 1. The number of rotatable bonds is 3. The zero-order chi connectivity index (χ0) is 13.5. The Hall–Kier alpha value is -1.03. The molecule has 1 saturated carbocycles. The van der Waals surface area contributed by atoms with Gasteiger partial charge in [-0.1, -0.05) is 6.42 Å². The fourth-order valence-electron chi connectivity index (χ4n) is 2.91. The van der Waals surface area contributed by atoms with E-state index in [1.807, 2.05) is 19.9 Å². The van der Waals surface area contributed by atoms with Gasteiger partial charge in [-0.25, -0.2) is 0 Å². The minimum atomic E-state index is -0.711. The molecular weight excluding hydrogens is 296 g/mol. The zero-order valence-corrected chi connectivity index (χ0v) is 12.4. The Morgan fingerprint density at radius 2 is 2.06 bits per heavy atom. The van der Waals surface area contributed by atoms with E-state index in [1.165, 1.54) is 0 Å². The van der Waals surface area contributed by atoms with Crippen molar-refractivity contribution < 1.29 is 14.6 Å². The van der Waals surface area contributed by atoms with Crippen molar-refractivity contribution in [2.75, 3.05) is 7.11 Å². The lowest BCUT2D eigenvalue weighted by molar-refractivity contribution is -0.147. The molecule has 0 aromatic heterocycles. The van der Waals surface area contributed by atoms with Gasteiger partial charge in [-0.05, 0) is 65.4 Å². The molecule has 0 heterocycles. The molecule has 1 aromatic carbocycles. The van der Waals surface area contributed by atoms with Gasteiger partial charge in [0.05, 0.1) is 17.0 Å². The summed E-state index contributed by atoms with van der Waals surface area (Å²) in [4.78, 5) is 11.6. The van der Waals surface area contributed by atoms with E-state index in [-0.39, 0.29) is 0 Å². The third-order valence-corrected chi connectivity index (χ3v) is 4.96. The van der Waals surface area contributed by atoms with Crippen molar-refractivity contribution in [3.8, 4) is 5.75 Å². The average Bonchev–Trinajstić information content (AvgIpc) is 2.26. The van der Waals surface area contributed by atoms with E-state index in [2.05, 4.69) is 15.9 Å². The van der Waals surface area contributed by atoms with E-state index in [0.717, 1.165) is 46.2 Å². The van der Waals surface area contributed by atoms with Crippen LogP contribution in [0.1, 0.15) is 36.0 Å². The van der Waals surface area contributed by atoms with E-state index in [4.69, 9.17) is 4.74 Å². The fraction of sp³-hybridized carbons (Fsp3) is 0.500. The van der Waals surface area contributed by atoms with Crippen LogP contribution in [0.2, 0.25) is 0 Å². The smallest absolute Gasteiger partial charge is 0.314 e. The van der Waals surface area contributed by atoms with Gasteiger partial charge in [0.2, 0.25) is 0 Å². The minimum absolute atomic E-state index is 0.692. The highest BCUT2D eigenvalue weighted by Crippen LogP contribution is 2.49. The maximum Gasteiger partial charge on any atom is 0.314 e. The summed E-state index contributed by atoms with van der Waals surface area (Å²) < 4.78 is 6.15. The Labute approximate surface area is 115 Å². The molecule has 2 rings (SSSR count). The summed E-state index contributed by atoms with van der Waals surface area (Å²) in [6.45, 7) is 3.91. The van der Waals surface area contributed by atoms with Gasteiger partial charge in [0.1, 0.15) is 5.75 Å². The largest absolute Gasteiger partial charge is 0.496 e. The van der Waals surface area contributed by atoms with Crippen molar-refractivity contribution in [1.82, 2.24) is 0 Å². The van der Waals surface area contributed by atoms with E-state index in [9.17, 15) is 9.90 Å². The molecule has 18 heavy (non-hydrogen) atoms. The standard InChI is InChI=1S/C14H17BrO3/c1-8-7-10(18-3)12(15)9(2)11(8)14(13(16)17)5-4-6-14/h7H,4-6H2,1-3H3,(H,16,17). The van der Waals surface area contributed by atoms with Gasteiger partial charge in [-0.15, -0.1) is 0 Å². The summed E-state index contributed by atoms with van der Waals surface area (Å²) in [5, 5.41) is 9.56. The van der Waals surface area contributed by atoms with Crippen molar-refractivity contribution in [2.24, 2.45) is 0 Å². The number of carboxylic acids is 1. The number of aryl methyl sites for hydroxylation is 1. The summed E-state index contributed by atoms with van der Waals surface area (Å²) in [7, 11) is 1.62. The van der Waals surface area contributed by atoms with E-state index in [0.29, 0.717) is 0 Å². The molecule has 0 spiro atoms. The van der Waals surface area contributed by atoms with Crippen molar-refractivity contribution in [2.45, 2.75) is 38.5 Å². The first-order valence-electron chi connectivity index (χ1n) is 6.01. The number of carbonyl (C=O) groups is 1. The molecule has 0 unspecified atom stereocenters. The number of benzene rings is 1. The molecule has 1 aliphatic carbocycles.